The highest BCUT2D eigenvalue weighted by Crippen LogP contribution is 2.25. The smallest absolute Gasteiger partial charge is 0.430 e. The number of nitrogens with zero attached hydrogens (tertiary/aromatic N) is 1. The molecular weight excluding hydrogens is 449 g/mol. The number of rotatable bonds is 7. The summed E-state index contributed by atoms with van der Waals surface area (Å²) in [5, 5.41) is 37.4. The van der Waals surface area contributed by atoms with Gasteiger partial charge in [0, 0.05) is 6.07 Å². The van der Waals surface area contributed by atoms with E-state index < -0.39 is 54.5 Å². The summed E-state index contributed by atoms with van der Waals surface area (Å²) in [6.45, 7) is -0.344. The lowest BCUT2D eigenvalue weighted by atomic mass is 10.1. The molecule has 1 amide bonds. The molecule has 0 spiro atoms. The van der Waals surface area contributed by atoms with Crippen LogP contribution in [0.4, 0.5) is 13.2 Å². The van der Waals surface area contributed by atoms with Crippen molar-refractivity contribution in [1.82, 2.24) is 0 Å². The Bertz CT molecular complexity index is 848. The number of carbonyl (C=O) groups excluding carboxylic acids is 3. The highest BCUT2D eigenvalue weighted by Gasteiger charge is 2.48. The first-order chi connectivity index (χ1) is 14.7. The van der Waals surface area contributed by atoms with Crippen LogP contribution in [0.1, 0.15) is 29.4 Å². The van der Waals surface area contributed by atoms with Gasteiger partial charge in [0.2, 0.25) is 0 Å². The SMILES string of the molecule is NC(=O)c1ccc[n+]([C@@H]2O[C@@H](COC(=O)CCC(=O)O)[C@@H](O)[C@H]2O)c1.O=C([O-])C(F)(F)F. The van der Waals surface area contributed by atoms with Gasteiger partial charge >= 0.3 is 18.1 Å². The molecule has 1 aliphatic rings. The zero-order valence-electron chi connectivity index (χ0n) is 16.1. The Balaban J connectivity index is 0.000000633. The van der Waals surface area contributed by atoms with Gasteiger partial charge in [-0.1, -0.05) is 0 Å². The molecule has 0 aromatic carbocycles. The van der Waals surface area contributed by atoms with Gasteiger partial charge in [0.15, 0.2) is 18.5 Å². The summed E-state index contributed by atoms with van der Waals surface area (Å²) in [4.78, 5) is 41.8. The van der Waals surface area contributed by atoms with Crippen LogP contribution in [0.25, 0.3) is 0 Å². The Morgan fingerprint density at radius 3 is 2.28 bits per heavy atom. The first kappa shape index (κ1) is 26.7. The molecule has 178 valence electrons. The average Bonchev–Trinajstić information content (AvgIpc) is 2.99. The van der Waals surface area contributed by atoms with Gasteiger partial charge in [-0.3, -0.25) is 14.4 Å². The van der Waals surface area contributed by atoms with Gasteiger partial charge < -0.3 is 40.4 Å². The predicted octanol–water partition coefficient (Wildman–Crippen LogP) is -2.60. The second-order valence-electron chi connectivity index (χ2n) is 6.31. The van der Waals surface area contributed by atoms with E-state index in [4.69, 9.17) is 30.2 Å². The second-order valence-corrected chi connectivity index (χ2v) is 6.31. The van der Waals surface area contributed by atoms with Crippen molar-refractivity contribution < 1.29 is 66.8 Å². The molecule has 1 saturated heterocycles. The molecule has 1 aromatic rings. The molecule has 0 bridgehead atoms. The standard InChI is InChI=1S/C15H18N2O8.C2HF3O2/c16-14(23)8-2-1-5-17(6-8)15-13(22)12(21)9(25-15)7-24-11(20)4-3-10(18)19;3-2(4,5)1(6)7/h1-2,5-6,9,12-13,15,21-22H,3-4,7H2,(H2-,16,18,19,23);(H,6,7)/t9-,12+,13+,15+;/m0./s1. The fourth-order valence-electron chi connectivity index (χ4n) is 2.37. The number of alkyl halides is 3. The third kappa shape index (κ3) is 8.09. The average molecular weight is 468 g/mol. The molecular formula is C17H19F3N2O10. The Labute approximate surface area is 177 Å². The van der Waals surface area contributed by atoms with E-state index in [1.54, 1.807) is 0 Å². The maximum Gasteiger partial charge on any atom is 0.430 e. The number of nitrogens with two attached hydrogens (primary N) is 1. The highest BCUT2D eigenvalue weighted by molar-refractivity contribution is 5.92. The largest absolute Gasteiger partial charge is 0.542 e. The number of pyridine rings is 1. The number of ether oxygens (including phenoxy) is 2. The van der Waals surface area contributed by atoms with Gasteiger partial charge in [-0.05, 0) is 6.07 Å². The van der Waals surface area contributed by atoms with E-state index in [1.807, 2.05) is 0 Å². The van der Waals surface area contributed by atoms with Crippen LogP contribution in [-0.2, 0) is 23.9 Å². The maximum absolute atomic E-state index is 11.4. The van der Waals surface area contributed by atoms with Crippen molar-refractivity contribution in [3.05, 3.63) is 30.1 Å². The highest BCUT2D eigenvalue weighted by atomic mass is 19.4. The van der Waals surface area contributed by atoms with Crippen molar-refractivity contribution in [2.24, 2.45) is 5.73 Å². The zero-order valence-corrected chi connectivity index (χ0v) is 16.1. The summed E-state index contributed by atoms with van der Waals surface area (Å²) >= 11 is 0. The number of carboxylic acid groups (broad SMARTS) is 2. The van der Waals surface area contributed by atoms with Gasteiger partial charge in [0.25, 0.3) is 12.1 Å². The van der Waals surface area contributed by atoms with Crippen LogP contribution in [0.3, 0.4) is 0 Å². The number of aliphatic carboxylic acids is 2. The first-order valence-corrected chi connectivity index (χ1v) is 8.71. The normalized spacial score (nSPS) is 22.4. The molecule has 0 saturated carbocycles. The summed E-state index contributed by atoms with van der Waals surface area (Å²) in [6, 6.07) is 3.01. The summed E-state index contributed by atoms with van der Waals surface area (Å²) in [5.41, 5.74) is 5.39. The number of carbonyl (C=O) groups is 4. The van der Waals surface area contributed by atoms with E-state index >= 15 is 0 Å². The molecule has 4 atom stereocenters. The fraction of sp³-hybridized carbons (Fsp3) is 0.471. The molecule has 1 aromatic heterocycles. The monoisotopic (exact) mass is 468 g/mol. The van der Waals surface area contributed by atoms with Crippen molar-refractivity contribution in [3.8, 4) is 0 Å². The Morgan fingerprint density at radius 1 is 1.19 bits per heavy atom. The van der Waals surface area contributed by atoms with E-state index in [9.17, 15) is 37.8 Å². The summed E-state index contributed by atoms with van der Waals surface area (Å²) in [6.07, 6.45) is -7.64. The van der Waals surface area contributed by atoms with Gasteiger partial charge in [-0.2, -0.15) is 17.7 Å². The van der Waals surface area contributed by atoms with Crippen LogP contribution in [0.5, 0.6) is 0 Å². The van der Waals surface area contributed by atoms with E-state index in [-0.39, 0.29) is 25.0 Å². The number of primary amides is 1. The second kappa shape index (κ2) is 11.4. The lowest BCUT2D eigenvalue weighted by Crippen LogP contribution is -2.46. The van der Waals surface area contributed by atoms with Crippen LogP contribution in [0.15, 0.2) is 24.5 Å². The molecule has 2 heterocycles. The molecule has 0 aliphatic carbocycles. The number of carboxylic acids is 2. The lowest BCUT2D eigenvalue weighted by molar-refractivity contribution is -0.765. The van der Waals surface area contributed by atoms with Crippen molar-refractivity contribution in [3.63, 3.8) is 0 Å². The number of esters is 1. The van der Waals surface area contributed by atoms with Gasteiger partial charge in [0.1, 0.15) is 30.3 Å². The number of hydrogen-bond donors (Lipinski definition) is 4. The summed E-state index contributed by atoms with van der Waals surface area (Å²) < 4.78 is 43.3. The van der Waals surface area contributed by atoms with Crippen molar-refractivity contribution in [2.45, 2.75) is 43.6 Å². The zero-order chi connectivity index (χ0) is 24.6. The number of aliphatic hydroxyl groups is 2. The molecule has 0 unspecified atom stereocenters. The Morgan fingerprint density at radius 2 is 1.78 bits per heavy atom. The van der Waals surface area contributed by atoms with E-state index in [2.05, 4.69) is 0 Å². The van der Waals surface area contributed by atoms with E-state index in [0.29, 0.717) is 0 Å². The van der Waals surface area contributed by atoms with Crippen molar-refractivity contribution >= 4 is 23.8 Å². The minimum Gasteiger partial charge on any atom is -0.542 e. The van der Waals surface area contributed by atoms with Crippen LogP contribution in [0.2, 0.25) is 0 Å². The van der Waals surface area contributed by atoms with E-state index in [0.717, 1.165) is 0 Å². The third-order valence-electron chi connectivity index (χ3n) is 3.92. The molecule has 32 heavy (non-hydrogen) atoms. The molecule has 12 nitrogen and oxygen atoms in total. The lowest BCUT2D eigenvalue weighted by Gasteiger charge is -2.13. The van der Waals surface area contributed by atoms with E-state index in [1.165, 1.54) is 29.1 Å². The van der Waals surface area contributed by atoms with Crippen molar-refractivity contribution in [1.29, 1.82) is 0 Å². The minimum absolute atomic E-state index is 0.191. The topological polar surface area (TPSA) is 200 Å². The number of aliphatic hydroxyl groups excluding tert-OH is 2. The maximum atomic E-state index is 11.4. The Kier molecular flexibility index (Phi) is 9.49. The van der Waals surface area contributed by atoms with Gasteiger partial charge in [-0.15, -0.1) is 0 Å². The molecule has 1 aliphatic heterocycles. The van der Waals surface area contributed by atoms with Crippen LogP contribution >= 0.6 is 0 Å². The van der Waals surface area contributed by atoms with Crippen LogP contribution < -0.4 is 15.4 Å². The minimum atomic E-state index is -5.19. The van der Waals surface area contributed by atoms with Gasteiger partial charge in [0.05, 0.1) is 12.8 Å². The van der Waals surface area contributed by atoms with Gasteiger partial charge in [-0.25, -0.2) is 0 Å². The number of hydrogen-bond acceptors (Lipinski definition) is 9. The molecule has 15 heteroatoms. The summed E-state index contributed by atoms with van der Waals surface area (Å²) in [5.74, 6) is -5.55. The molecule has 1 fully saturated rings. The van der Waals surface area contributed by atoms with Crippen LogP contribution in [0, 0.1) is 0 Å². The molecule has 2 rings (SSSR count). The van der Waals surface area contributed by atoms with Crippen molar-refractivity contribution in [2.75, 3.05) is 6.61 Å². The Hall–Kier alpha value is -3.30. The first-order valence-electron chi connectivity index (χ1n) is 8.71. The third-order valence-corrected chi connectivity index (χ3v) is 3.92. The summed E-state index contributed by atoms with van der Waals surface area (Å²) in [7, 11) is 0. The predicted molar refractivity (Wildman–Crippen MR) is 90.0 cm³/mol. The number of halogens is 3. The number of aromatic nitrogens is 1. The molecule has 0 radical (unpaired) electrons. The van der Waals surface area contributed by atoms with Crippen LogP contribution in [-0.4, -0.2) is 70.2 Å². The quantitative estimate of drug-likeness (QED) is 0.243. The molecule has 5 N–H and O–H groups in total. The fourth-order valence-corrected chi connectivity index (χ4v) is 2.37. The number of amides is 1.